The molecule has 138 valence electrons. The number of rotatable bonds is 7. The number of hydrogen-bond donors (Lipinski definition) is 1. The third-order valence-corrected chi connectivity index (χ3v) is 4.16. The molecule has 0 unspecified atom stereocenters. The summed E-state index contributed by atoms with van der Waals surface area (Å²) in [5, 5.41) is 14.4. The van der Waals surface area contributed by atoms with Crippen molar-refractivity contribution >= 4 is 23.0 Å². The molecule has 0 radical (unpaired) electrons. The lowest BCUT2D eigenvalue weighted by atomic mass is 10.2. The molecule has 0 aromatic heterocycles. The zero-order valence-electron chi connectivity index (χ0n) is 14.2. The van der Waals surface area contributed by atoms with Crippen LogP contribution in [0.2, 0.25) is 5.02 Å². The van der Waals surface area contributed by atoms with Crippen molar-refractivity contribution in [3.05, 3.63) is 98.8 Å². The molecule has 27 heavy (non-hydrogen) atoms. The van der Waals surface area contributed by atoms with Gasteiger partial charge in [0.25, 0.3) is 5.69 Å². The van der Waals surface area contributed by atoms with Gasteiger partial charge in [-0.3, -0.25) is 10.1 Å². The van der Waals surface area contributed by atoms with Crippen LogP contribution in [-0.4, -0.2) is 4.92 Å². The number of nitrogens with zero attached hydrogens (tertiary/aromatic N) is 1. The van der Waals surface area contributed by atoms with Crippen molar-refractivity contribution in [2.45, 2.75) is 13.2 Å². The van der Waals surface area contributed by atoms with E-state index in [4.69, 9.17) is 16.3 Å². The molecule has 0 bridgehead atoms. The predicted molar refractivity (Wildman–Crippen MR) is 103 cm³/mol. The maximum atomic E-state index is 13.8. The van der Waals surface area contributed by atoms with Crippen LogP contribution >= 0.6 is 11.6 Å². The number of nitrogens with one attached hydrogen (secondary N) is 1. The quantitative estimate of drug-likeness (QED) is 0.425. The van der Waals surface area contributed by atoms with Crippen LogP contribution in [0.4, 0.5) is 15.8 Å². The molecule has 3 rings (SSSR count). The predicted octanol–water partition coefficient (Wildman–Crippen LogP) is 5.58. The van der Waals surface area contributed by atoms with Gasteiger partial charge in [-0.1, -0.05) is 29.8 Å². The van der Waals surface area contributed by atoms with E-state index in [-0.39, 0.29) is 18.1 Å². The van der Waals surface area contributed by atoms with Crippen LogP contribution in [-0.2, 0) is 13.2 Å². The fourth-order valence-electron chi connectivity index (χ4n) is 2.50. The van der Waals surface area contributed by atoms with Gasteiger partial charge >= 0.3 is 0 Å². The first-order chi connectivity index (χ1) is 13.0. The molecule has 0 fully saturated rings. The fraction of sp³-hybridized carbons (Fsp3) is 0.100. The van der Waals surface area contributed by atoms with Gasteiger partial charge in [0.15, 0.2) is 0 Å². The van der Waals surface area contributed by atoms with E-state index < -0.39 is 4.92 Å². The number of non-ortho nitro benzene ring substituents is 1. The van der Waals surface area contributed by atoms with Gasteiger partial charge in [-0.2, -0.15) is 0 Å². The Morgan fingerprint density at radius 2 is 1.78 bits per heavy atom. The van der Waals surface area contributed by atoms with Crippen LogP contribution < -0.4 is 10.1 Å². The standard InChI is InChI=1S/C20H16ClFN2O3/c21-16-5-10-20(27-13-14-3-1-2-4-19(14)22)15(11-16)12-23-17-6-8-18(9-7-17)24(25)26/h1-11,23H,12-13H2. The summed E-state index contributed by atoms with van der Waals surface area (Å²) in [5.74, 6) is 0.258. The third-order valence-electron chi connectivity index (χ3n) is 3.92. The second-order valence-corrected chi connectivity index (χ2v) is 6.23. The largest absolute Gasteiger partial charge is 0.488 e. The van der Waals surface area contributed by atoms with Crippen LogP contribution in [0, 0.1) is 15.9 Å². The van der Waals surface area contributed by atoms with E-state index in [1.54, 1.807) is 48.5 Å². The van der Waals surface area contributed by atoms with Crippen molar-refractivity contribution in [1.82, 2.24) is 0 Å². The Morgan fingerprint density at radius 1 is 1.04 bits per heavy atom. The monoisotopic (exact) mass is 386 g/mol. The summed E-state index contributed by atoms with van der Waals surface area (Å²) in [6.07, 6.45) is 0. The van der Waals surface area contributed by atoms with Crippen LogP contribution in [0.25, 0.3) is 0 Å². The minimum Gasteiger partial charge on any atom is -0.488 e. The highest BCUT2D eigenvalue weighted by molar-refractivity contribution is 6.30. The SMILES string of the molecule is O=[N+]([O-])c1ccc(NCc2cc(Cl)ccc2OCc2ccccc2F)cc1. The average molecular weight is 387 g/mol. The van der Waals surface area contributed by atoms with E-state index in [0.717, 1.165) is 11.3 Å². The molecule has 0 heterocycles. The van der Waals surface area contributed by atoms with E-state index in [1.165, 1.54) is 18.2 Å². The Balaban J connectivity index is 1.70. The summed E-state index contributed by atoms with van der Waals surface area (Å²) in [6.45, 7) is 0.490. The van der Waals surface area contributed by atoms with E-state index in [1.807, 2.05) is 0 Å². The Labute approximate surface area is 160 Å². The lowest BCUT2D eigenvalue weighted by molar-refractivity contribution is -0.384. The molecule has 0 saturated heterocycles. The second kappa shape index (κ2) is 8.51. The smallest absolute Gasteiger partial charge is 0.269 e. The minimum absolute atomic E-state index is 0.0252. The fourth-order valence-corrected chi connectivity index (χ4v) is 2.69. The van der Waals surface area contributed by atoms with Crippen LogP contribution in [0.5, 0.6) is 5.75 Å². The summed E-state index contributed by atoms with van der Waals surface area (Å²) in [6, 6.07) is 17.7. The zero-order valence-corrected chi connectivity index (χ0v) is 14.9. The van der Waals surface area contributed by atoms with Gasteiger partial charge in [0.1, 0.15) is 18.2 Å². The van der Waals surface area contributed by atoms with Crippen LogP contribution in [0.15, 0.2) is 66.7 Å². The molecule has 3 aromatic carbocycles. The molecule has 0 saturated carbocycles. The van der Waals surface area contributed by atoms with Crippen LogP contribution in [0.1, 0.15) is 11.1 Å². The van der Waals surface area contributed by atoms with Crippen molar-refractivity contribution < 1.29 is 14.1 Å². The summed E-state index contributed by atoms with van der Waals surface area (Å²) in [4.78, 5) is 10.3. The van der Waals surface area contributed by atoms with Crippen LogP contribution in [0.3, 0.4) is 0 Å². The van der Waals surface area contributed by atoms with Gasteiger partial charge in [-0.15, -0.1) is 0 Å². The molecule has 5 nitrogen and oxygen atoms in total. The number of anilines is 1. The molecule has 0 aliphatic heterocycles. The normalized spacial score (nSPS) is 10.4. The average Bonchev–Trinajstić information content (AvgIpc) is 2.67. The zero-order chi connectivity index (χ0) is 19.2. The highest BCUT2D eigenvalue weighted by atomic mass is 35.5. The first-order valence-corrected chi connectivity index (χ1v) is 8.53. The highest BCUT2D eigenvalue weighted by Gasteiger charge is 2.09. The highest BCUT2D eigenvalue weighted by Crippen LogP contribution is 2.26. The first kappa shape index (κ1) is 18.7. The maximum absolute atomic E-state index is 13.8. The molecule has 3 aromatic rings. The topological polar surface area (TPSA) is 64.4 Å². The van der Waals surface area contributed by atoms with E-state index in [9.17, 15) is 14.5 Å². The lowest BCUT2D eigenvalue weighted by Gasteiger charge is -2.14. The number of benzene rings is 3. The Morgan fingerprint density at radius 3 is 2.48 bits per heavy atom. The molecular weight excluding hydrogens is 371 g/mol. The molecule has 0 atom stereocenters. The summed E-state index contributed by atoms with van der Waals surface area (Å²) < 4.78 is 19.5. The summed E-state index contributed by atoms with van der Waals surface area (Å²) in [7, 11) is 0. The van der Waals surface area contributed by atoms with Crippen molar-refractivity contribution in [3.8, 4) is 5.75 Å². The van der Waals surface area contributed by atoms with Gasteiger partial charge in [0, 0.05) is 40.5 Å². The Bertz CT molecular complexity index is 948. The maximum Gasteiger partial charge on any atom is 0.269 e. The van der Waals surface area contributed by atoms with E-state index in [2.05, 4.69) is 5.32 Å². The van der Waals surface area contributed by atoms with Crippen molar-refractivity contribution in [3.63, 3.8) is 0 Å². The first-order valence-electron chi connectivity index (χ1n) is 8.16. The minimum atomic E-state index is -0.449. The second-order valence-electron chi connectivity index (χ2n) is 5.79. The van der Waals surface area contributed by atoms with Crippen molar-refractivity contribution in [2.75, 3.05) is 5.32 Å². The van der Waals surface area contributed by atoms with Gasteiger partial charge < -0.3 is 10.1 Å². The van der Waals surface area contributed by atoms with E-state index in [0.29, 0.717) is 22.9 Å². The third kappa shape index (κ3) is 4.95. The summed E-state index contributed by atoms with van der Waals surface area (Å²) in [5.41, 5.74) is 2.00. The molecule has 0 spiro atoms. The molecular formula is C20H16ClFN2O3. The number of nitro groups is 1. The van der Waals surface area contributed by atoms with Gasteiger partial charge in [-0.25, -0.2) is 4.39 Å². The lowest BCUT2D eigenvalue weighted by Crippen LogP contribution is -2.04. The molecule has 0 aliphatic carbocycles. The number of nitro benzene ring substituents is 1. The van der Waals surface area contributed by atoms with E-state index >= 15 is 0 Å². The van der Waals surface area contributed by atoms with Gasteiger partial charge in [0.05, 0.1) is 4.92 Å². The Hall–Kier alpha value is -3.12. The Kier molecular flexibility index (Phi) is 5.88. The van der Waals surface area contributed by atoms with Crippen molar-refractivity contribution in [1.29, 1.82) is 0 Å². The van der Waals surface area contributed by atoms with Gasteiger partial charge in [0.2, 0.25) is 0 Å². The molecule has 7 heteroatoms. The number of halogens is 2. The molecule has 0 amide bonds. The van der Waals surface area contributed by atoms with Gasteiger partial charge in [-0.05, 0) is 36.4 Å². The molecule has 0 aliphatic rings. The number of hydrogen-bond acceptors (Lipinski definition) is 4. The summed E-state index contributed by atoms with van der Waals surface area (Å²) >= 11 is 6.08. The molecule has 1 N–H and O–H groups in total. The van der Waals surface area contributed by atoms with Crippen molar-refractivity contribution in [2.24, 2.45) is 0 Å². The number of ether oxygens (including phenoxy) is 1.